The summed E-state index contributed by atoms with van der Waals surface area (Å²) >= 11 is 0. The van der Waals surface area contributed by atoms with Crippen molar-refractivity contribution in [1.82, 2.24) is 0 Å². The summed E-state index contributed by atoms with van der Waals surface area (Å²) in [5.41, 5.74) is 2.57. The molecule has 0 saturated heterocycles. The molecule has 0 fully saturated rings. The Hall–Kier alpha value is -1.54. The third kappa shape index (κ3) is 2.59. The summed E-state index contributed by atoms with van der Waals surface area (Å²) < 4.78 is 0. The first-order valence-electron chi connectivity index (χ1n) is 5.88. The molecule has 0 spiro atoms. The van der Waals surface area contributed by atoms with E-state index in [1.807, 2.05) is 0 Å². The molecular formula is C15H18NSi. The molecule has 1 nitrogen and oxygen atoms in total. The lowest BCUT2D eigenvalue weighted by molar-refractivity contribution is 1.22. The van der Waals surface area contributed by atoms with Gasteiger partial charge < -0.3 is 4.90 Å². The molecule has 17 heavy (non-hydrogen) atoms. The molecule has 0 atom stereocenters. The van der Waals surface area contributed by atoms with E-state index in [1.165, 1.54) is 16.6 Å². The third-order valence-corrected chi connectivity index (χ3v) is 4.45. The largest absolute Gasteiger partial charge is 0.345 e. The number of hydrogen-bond acceptors (Lipinski definition) is 1. The number of benzene rings is 2. The van der Waals surface area contributed by atoms with Gasteiger partial charge in [-0.25, -0.2) is 0 Å². The second kappa shape index (κ2) is 5.19. The van der Waals surface area contributed by atoms with Gasteiger partial charge in [-0.15, -0.1) is 0 Å². The van der Waals surface area contributed by atoms with Crippen LogP contribution in [0.5, 0.6) is 0 Å². The van der Waals surface area contributed by atoms with Crippen molar-refractivity contribution in [2.45, 2.75) is 13.1 Å². The Balaban J connectivity index is 2.41. The van der Waals surface area contributed by atoms with Crippen LogP contribution in [0.15, 0.2) is 54.6 Å². The smallest absolute Gasteiger partial charge is 0.0819 e. The topological polar surface area (TPSA) is 3.24 Å². The van der Waals surface area contributed by atoms with Crippen LogP contribution in [0.4, 0.5) is 11.4 Å². The highest BCUT2D eigenvalue weighted by Gasteiger charge is 2.11. The lowest BCUT2D eigenvalue weighted by Crippen LogP contribution is -2.29. The van der Waals surface area contributed by atoms with Crippen molar-refractivity contribution < 1.29 is 0 Å². The Morgan fingerprint density at radius 1 is 0.824 bits per heavy atom. The minimum Gasteiger partial charge on any atom is -0.345 e. The van der Waals surface area contributed by atoms with E-state index in [-0.39, 0.29) is 0 Å². The molecule has 0 heterocycles. The fourth-order valence-corrected chi connectivity index (χ4v) is 3.17. The Morgan fingerprint density at radius 3 is 2.06 bits per heavy atom. The van der Waals surface area contributed by atoms with Gasteiger partial charge in [0.25, 0.3) is 0 Å². The normalized spacial score (nSPS) is 10.6. The quantitative estimate of drug-likeness (QED) is 0.743. The van der Waals surface area contributed by atoms with Gasteiger partial charge in [-0.2, -0.15) is 0 Å². The first kappa shape index (κ1) is 11.9. The SMILES string of the molecule is CN(c1ccccc1)c1ccccc1[Si](C)C. The minimum absolute atomic E-state index is 0.435. The molecule has 0 bridgehead atoms. The lowest BCUT2D eigenvalue weighted by Gasteiger charge is -2.23. The van der Waals surface area contributed by atoms with Gasteiger partial charge in [0.1, 0.15) is 0 Å². The summed E-state index contributed by atoms with van der Waals surface area (Å²) in [7, 11) is 1.70. The van der Waals surface area contributed by atoms with E-state index in [9.17, 15) is 0 Å². The number of anilines is 2. The zero-order valence-corrected chi connectivity index (χ0v) is 11.6. The van der Waals surface area contributed by atoms with Crippen LogP contribution in [-0.4, -0.2) is 15.8 Å². The van der Waals surface area contributed by atoms with Gasteiger partial charge in [-0.05, 0) is 23.4 Å². The van der Waals surface area contributed by atoms with Crippen LogP contribution in [0.2, 0.25) is 13.1 Å². The highest BCUT2D eigenvalue weighted by molar-refractivity contribution is 6.72. The fraction of sp³-hybridized carbons (Fsp3) is 0.200. The molecule has 0 N–H and O–H groups in total. The number of hydrogen-bond donors (Lipinski definition) is 0. The predicted octanol–water partition coefficient (Wildman–Crippen LogP) is 3.42. The maximum atomic E-state index is 2.34. The monoisotopic (exact) mass is 240 g/mol. The Morgan fingerprint density at radius 2 is 1.41 bits per heavy atom. The molecule has 0 aliphatic carbocycles. The average Bonchev–Trinajstić information content (AvgIpc) is 2.39. The van der Waals surface area contributed by atoms with E-state index >= 15 is 0 Å². The molecule has 0 unspecified atom stereocenters. The van der Waals surface area contributed by atoms with Crippen LogP contribution in [0, 0.1) is 0 Å². The highest BCUT2D eigenvalue weighted by Crippen LogP contribution is 2.21. The van der Waals surface area contributed by atoms with Gasteiger partial charge in [0.15, 0.2) is 0 Å². The van der Waals surface area contributed by atoms with Crippen molar-refractivity contribution in [3.63, 3.8) is 0 Å². The second-order valence-electron chi connectivity index (χ2n) is 4.41. The van der Waals surface area contributed by atoms with Crippen molar-refractivity contribution in [1.29, 1.82) is 0 Å². The maximum absolute atomic E-state index is 2.34. The Bertz CT molecular complexity index is 479. The number of rotatable bonds is 3. The maximum Gasteiger partial charge on any atom is 0.0819 e. The standard InChI is InChI=1S/C15H18NSi/c1-16(13-9-5-4-6-10-13)14-11-7-8-12-15(14)17(2)3/h4-12H,1-3H3. The molecule has 0 aromatic heterocycles. The van der Waals surface area contributed by atoms with Crippen molar-refractivity contribution in [3.05, 3.63) is 54.6 Å². The summed E-state index contributed by atoms with van der Waals surface area (Å²) in [4.78, 5) is 2.27. The molecule has 0 amide bonds. The average molecular weight is 240 g/mol. The molecule has 2 aromatic rings. The third-order valence-electron chi connectivity index (χ3n) is 2.95. The summed E-state index contributed by atoms with van der Waals surface area (Å²) in [6.45, 7) is 4.67. The van der Waals surface area contributed by atoms with E-state index in [0.29, 0.717) is 0 Å². The lowest BCUT2D eigenvalue weighted by atomic mass is 10.2. The second-order valence-corrected chi connectivity index (χ2v) is 6.95. The van der Waals surface area contributed by atoms with Crippen LogP contribution in [0.25, 0.3) is 0 Å². The molecule has 0 aliphatic rings. The van der Waals surface area contributed by atoms with Crippen molar-refractivity contribution in [2.24, 2.45) is 0 Å². The van der Waals surface area contributed by atoms with Gasteiger partial charge in [0, 0.05) is 18.4 Å². The highest BCUT2D eigenvalue weighted by atomic mass is 28.3. The molecular weight excluding hydrogens is 222 g/mol. The summed E-state index contributed by atoms with van der Waals surface area (Å²) in [5, 5.41) is 1.49. The summed E-state index contributed by atoms with van der Waals surface area (Å²) in [6, 6.07) is 19.2. The summed E-state index contributed by atoms with van der Waals surface area (Å²) in [6.07, 6.45) is 0. The minimum atomic E-state index is -0.435. The fourth-order valence-electron chi connectivity index (χ4n) is 1.98. The summed E-state index contributed by atoms with van der Waals surface area (Å²) in [5.74, 6) is 0. The van der Waals surface area contributed by atoms with Crippen LogP contribution in [0.3, 0.4) is 0 Å². The van der Waals surface area contributed by atoms with Crippen LogP contribution < -0.4 is 10.1 Å². The van der Waals surface area contributed by atoms with E-state index in [1.54, 1.807) is 0 Å². The first-order valence-corrected chi connectivity index (χ1v) is 8.38. The molecule has 2 aromatic carbocycles. The van der Waals surface area contributed by atoms with E-state index < -0.39 is 8.80 Å². The first-order chi connectivity index (χ1) is 8.20. The van der Waals surface area contributed by atoms with Crippen LogP contribution in [0.1, 0.15) is 0 Å². The molecule has 1 radical (unpaired) electrons. The molecule has 0 aliphatic heterocycles. The molecule has 2 heteroatoms. The van der Waals surface area contributed by atoms with Gasteiger partial charge >= 0.3 is 0 Å². The van der Waals surface area contributed by atoms with Gasteiger partial charge in [-0.3, -0.25) is 0 Å². The number of para-hydroxylation sites is 2. The van der Waals surface area contributed by atoms with Crippen LogP contribution in [-0.2, 0) is 0 Å². The number of nitrogens with zero attached hydrogens (tertiary/aromatic N) is 1. The predicted molar refractivity (Wildman–Crippen MR) is 78.1 cm³/mol. The van der Waals surface area contributed by atoms with Crippen molar-refractivity contribution in [3.8, 4) is 0 Å². The van der Waals surface area contributed by atoms with Crippen molar-refractivity contribution in [2.75, 3.05) is 11.9 Å². The zero-order chi connectivity index (χ0) is 12.3. The van der Waals surface area contributed by atoms with Gasteiger partial charge in [0.2, 0.25) is 0 Å². The van der Waals surface area contributed by atoms with E-state index in [2.05, 4.69) is 79.6 Å². The zero-order valence-electron chi connectivity index (χ0n) is 10.6. The van der Waals surface area contributed by atoms with Crippen molar-refractivity contribution >= 4 is 25.4 Å². The molecule has 2 rings (SSSR count). The molecule has 0 saturated carbocycles. The van der Waals surface area contributed by atoms with Gasteiger partial charge in [0.05, 0.1) is 8.80 Å². The van der Waals surface area contributed by atoms with Crippen LogP contribution >= 0.6 is 0 Å². The van der Waals surface area contributed by atoms with Gasteiger partial charge in [-0.1, -0.05) is 49.5 Å². The van der Waals surface area contributed by atoms with E-state index in [0.717, 1.165) is 0 Å². The Kier molecular flexibility index (Phi) is 3.64. The Labute approximate surface area is 105 Å². The van der Waals surface area contributed by atoms with E-state index in [4.69, 9.17) is 0 Å². The molecule has 87 valence electrons.